The zero-order chi connectivity index (χ0) is 18.5. The zero-order valence-corrected chi connectivity index (χ0v) is 14.7. The number of carbonyl (C=O) groups is 1. The summed E-state index contributed by atoms with van der Waals surface area (Å²) >= 11 is 5.96. The van der Waals surface area contributed by atoms with Crippen LogP contribution in [0, 0.1) is 16.0 Å². The van der Waals surface area contributed by atoms with Gasteiger partial charge in [-0.05, 0) is 37.1 Å². The SMILES string of the molecule is O=C(Nc1ccc(Oc2ncc([N+](=O)[O-])cc2Cl)cc1)C1CCCCC1. The van der Waals surface area contributed by atoms with Crippen LogP contribution >= 0.6 is 11.6 Å². The smallest absolute Gasteiger partial charge is 0.289 e. The lowest BCUT2D eigenvalue weighted by atomic mass is 9.88. The summed E-state index contributed by atoms with van der Waals surface area (Å²) in [6.07, 6.45) is 6.38. The summed E-state index contributed by atoms with van der Waals surface area (Å²) in [7, 11) is 0. The molecule has 1 aromatic heterocycles. The van der Waals surface area contributed by atoms with E-state index in [1.165, 1.54) is 12.5 Å². The lowest BCUT2D eigenvalue weighted by Gasteiger charge is -2.20. The Morgan fingerprint density at radius 2 is 1.92 bits per heavy atom. The molecule has 1 N–H and O–H groups in total. The first-order valence-corrected chi connectivity index (χ1v) is 8.79. The Morgan fingerprint density at radius 1 is 1.23 bits per heavy atom. The van der Waals surface area contributed by atoms with Crippen molar-refractivity contribution in [2.24, 2.45) is 5.92 Å². The highest BCUT2D eigenvalue weighted by Gasteiger charge is 2.21. The molecule has 0 aliphatic heterocycles. The van der Waals surface area contributed by atoms with Gasteiger partial charge in [-0.2, -0.15) is 0 Å². The van der Waals surface area contributed by atoms with Crippen molar-refractivity contribution in [1.82, 2.24) is 4.98 Å². The molecule has 0 saturated heterocycles. The molecule has 1 saturated carbocycles. The molecular weight excluding hydrogens is 358 g/mol. The number of hydrogen-bond acceptors (Lipinski definition) is 5. The molecule has 1 amide bonds. The number of aromatic nitrogens is 1. The van der Waals surface area contributed by atoms with Gasteiger partial charge in [0.25, 0.3) is 5.69 Å². The third-order valence-corrected chi connectivity index (χ3v) is 4.59. The average Bonchev–Trinajstić information content (AvgIpc) is 2.65. The van der Waals surface area contributed by atoms with Gasteiger partial charge in [0.15, 0.2) is 0 Å². The van der Waals surface area contributed by atoms with Crippen molar-refractivity contribution in [3.63, 3.8) is 0 Å². The number of ether oxygens (including phenoxy) is 1. The Labute approximate surface area is 155 Å². The van der Waals surface area contributed by atoms with Crippen LogP contribution in [-0.4, -0.2) is 15.8 Å². The molecular formula is C18H18ClN3O4. The fourth-order valence-corrected chi connectivity index (χ4v) is 3.12. The van der Waals surface area contributed by atoms with Gasteiger partial charge < -0.3 is 10.1 Å². The Balaban J connectivity index is 1.62. The molecule has 0 radical (unpaired) electrons. The Hall–Kier alpha value is -2.67. The van der Waals surface area contributed by atoms with Gasteiger partial charge in [0, 0.05) is 17.7 Å². The van der Waals surface area contributed by atoms with Gasteiger partial charge in [-0.15, -0.1) is 0 Å². The molecule has 0 spiro atoms. The third kappa shape index (κ3) is 4.49. The Morgan fingerprint density at radius 3 is 2.54 bits per heavy atom. The van der Waals surface area contributed by atoms with Crippen LogP contribution in [0.4, 0.5) is 11.4 Å². The van der Waals surface area contributed by atoms with Gasteiger partial charge in [-0.3, -0.25) is 14.9 Å². The van der Waals surface area contributed by atoms with E-state index >= 15 is 0 Å². The minimum atomic E-state index is -0.577. The van der Waals surface area contributed by atoms with E-state index < -0.39 is 4.92 Å². The summed E-state index contributed by atoms with van der Waals surface area (Å²) in [5.41, 5.74) is 0.485. The highest BCUT2D eigenvalue weighted by atomic mass is 35.5. The van der Waals surface area contributed by atoms with E-state index in [1.54, 1.807) is 24.3 Å². The van der Waals surface area contributed by atoms with Gasteiger partial charge in [0.2, 0.25) is 11.8 Å². The number of benzene rings is 1. The molecule has 136 valence electrons. The molecule has 1 aliphatic rings. The molecule has 0 unspecified atom stereocenters. The first kappa shape index (κ1) is 18.1. The largest absolute Gasteiger partial charge is 0.438 e. The van der Waals surface area contributed by atoms with Crippen LogP contribution in [0.25, 0.3) is 0 Å². The summed E-state index contributed by atoms with van der Waals surface area (Å²) in [5.74, 6) is 0.682. The number of amides is 1. The van der Waals surface area contributed by atoms with Crippen LogP contribution in [0.2, 0.25) is 5.02 Å². The number of nitrogens with zero attached hydrogens (tertiary/aromatic N) is 2. The molecule has 2 aromatic rings. The fraction of sp³-hybridized carbons (Fsp3) is 0.333. The summed E-state index contributed by atoms with van der Waals surface area (Å²) in [6.45, 7) is 0. The van der Waals surface area contributed by atoms with Crippen molar-refractivity contribution in [2.45, 2.75) is 32.1 Å². The van der Waals surface area contributed by atoms with Crippen molar-refractivity contribution in [3.8, 4) is 11.6 Å². The number of nitro groups is 1. The van der Waals surface area contributed by atoms with E-state index in [1.807, 2.05) is 0 Å². The summed E-state index contributed by atoms with van der Waals surface area (Å²) < 4.78 is 5.54. The number of nitrogens with one attached hydrogen (secondary N) is 1. The summed E-state index contributed by atoms with van der Waals surface area (Å²) in [6, 6.07) is 8.00. The molecule has 8 heteroatoms. The first-order valence-electron chi connectivity index (χ1n) is 8.41. The number of anilines is 1. The molecule has 1 aromatic carbocycles. The number of halogens is 1. The molecule has 0 atom stereocenters. The van der Waals surface area contributed by atoms with E-state index in [-0.39, 0.29) is 28.4 Å². The van der Waals surface area contributed by atoms with E-state index in [0.717, 1.165) is 31.9 Å². The second kappa shape index (κ2) is 8.14. The lowest BCUT2D eigenvalue weighted by Crippen LogP contribution is -2.24. The van der Waals surface area contributed by atoms with Crippen molar-refractivity contribution >= 4 is 28.9 Å². The molecule has 0 bridgehead atoms. The minimum Gasteiger partial charge on any atom is -0.438 e. The molecule has 3 rings (SSSR count). The predicted octanol–water partition coefficient (Wildman–Crippen LogP) is 4.95. The van der Waals surface area contributed by atoms with Crippen molar-refractivity contribution < 1.29 is 14.5 Å². The number of pyridine rings is 1. The average molecular weight is 376 g/mol. The van der Waals surface area contributed by atoms with Crippen LogP contribution in [0.5, 0.6) is 11.6 Å². The van der Waals surface area contributed by atoms with E-state index in [0.29, 0.717) is 11.4 Å². The van der Waals surface area contributed by atoms with Crippen molar-refractivity contribution in [3.05, 3.63) is 51.7 Å². The zero-order valence-electron chi connectivity index (χ0n) is 14.0. The second-order valence-electron chi connectivity index (χ2n) is 6.19. The van der Waals surface area contributed by atoms with Gasteiger partial charge in [0.1, 0.15) is 17.0 Å². The highest BCUT2D eigenvalue weighted by Crippen LogP contribution is 2.30. The van der Waals surface area contributed by atoms with Crippen LogP contribution in [0.15, 0.2) is 36.5 Å². The Kier molecular flexibility index (Phi) is 5.68. The quantitative estimate of drug-likeness (QED) is 0.589. The third-order valence-electron chi connectivity index (χ3n) is 4.32. The molecule has 1 aliphatic carbocycles. The molecule has 1 heterocycles. The number of carbonyl (C=O) groups excluding carboxylic acids is 1. The monoisotopic (exact) mass is 375 g/mol. The highest BCUT2D eigenvalue weighted by molar-refractivity contribution is 6.32. The topological polar surface area (TPSA) is 94.4 Å². The normalized spacial score (nSPS) is 14.7. The predicted molar refractivity (Wildman–Crippen MR) is 97.6 cm³/mol. The van der Waals surface area contributed by atoms with E-state index in [9.17, 15) is 14.9 Å². The summed E-state index contributed by atoms with van der Waals surface area (Å²) in [4.78, 5) is 26.2. The minimum absolute atomic E-state index is 0.0499. The standard InChI is InChI=1S/C18H18ClN3O4/c19-16-10-14(22(24)25)11-20-18(16)26-15-8-6-13(7-9-15)21-17(23)12-4-2-1-3-5-12/h6-12H,1-5H2,(H,21,23). The fourth-order valence-electron chi connectivity index (χ4n) is 2.92. The van der Waals surface area contributed by atoms with Crippen LogP contribution in [0.3, 0.4) is 0 Å². The van der Waals surface area contributed by atoms with Crippen LogP contribution in [-0.2, 0) is 4.79 Å². The van der Waals surface area contributed by atoms with Gasteiger partial charge in [-0.1, -0.05) is 30.9 Å². The number of hydrogen-bond donors (Lipinski definition) is 1. The maximum atomic E-state index is 12.3. The van der Waals surface area contributed by atoms with Crippen LogP contribution < -0.4 is 10.1 Å². The van der Waals surface area contributed by atoms with E-state index in [2.05, 4.69) is 10.3 Å². The van der Waals surface area contributed by atoms with Gasteiger partial charge in [0.05, 0.1) is 4.92 Å². The maximum absolute atomic E-state index is 12.3. The lowest BCUT2D eigenvalue weighted by molar-refractivity contribution is -0.385. The van der Waals surface area contributed by atoms with Gasteiger partial charge >= 0.3 is 0 Å². The van der Waals surface area contributed by atoms with Crippen molar-refractivity contribution in [1.29, 1.82) is 0 Å². The molecule has 26 heavy (non-hydrogen) atoms. The molecule has 7 nitrogen and oxygen atoms in total. The van der Waals surface area contributed by atoms with E-state index in [4.69, 9.17) is 16.3 Å². The number of rotatable bonds is 5. The first-order chi connectivity index (χ1) is 12.5. The van der Waals surface area contributed by atoms with Crippen molar-refractivity contribution in [2.75, 3.05) is 5.32 Å². The Bertz CT molecular complexity index is 805. The maximum Gasteiger partial charge on any atom is 0.289 e. The second-order valence-corrected chi connectivity index (χ2v) is 6.60. The summed E-state index contributed by atoms with van der Waals surface area (Å²) in [5, 5.41) is 13.7. The van der Waals surface area contributed by atoms with Crippen LogP contribution in [0.1, 0.15) is 32.1 Å². The molecule has 1 fully saturated rings. The van der Waals surface area contributed by atoms with Gasteiger partial charge in [-0.25, -0.2) is 4.98 Å².